The van der Waals surface area contributed by atoms with Gasteiger partial charge in [-0.15, -0.1) is 0 Å². The van der Waals surface area contributed by atoms with Crippen LogP contribution in [0.4, 0.5) is 0 Å². The zero-order chi connectivity index (χ0) is 15.2. The van der Waals surface area contributed by atoms with Gasteiger partial charge in [0.25, 0.3) is 0 Å². The lowest BCUT2D eigenvalue weighted by Crippen LogP contribution is -2.50. The number of carbonyl (C=O) groups excluding carboxylic acids is 1. The number of ether oxygens (including phenoxy) is 2. The fraction of sp³-hybridized carbons (Fsp3) is 0.588. The molecule has 1 fully saturated rings. The Morgan fingerprint density at radius 3 is 2.86 bits per heavy atom. The minimum atomic E-state index is 0.117. The highest BCUT2D eigenvalue weighted by Gasteiger charge is 2.27. The fourth-order valence-corrected chi connectivity index (χ4v) is 2.73. The van der Waals surface area contributed by atoms with E-state index in [1.54, 1.807) is 0 Å². The first-order valence-electron chi connectivity index (χ1n) is 7.76. The number of carbonyl (C=O) groups is 1. The molecule has 4 heteroatoms. The zero-order valence-electron chi connectivity index (χ0n) is 13.2. The summed E-state index contributed by atoms with van der Waals surface area (Å²) in [5.41, 5.74) is 0.674. The SMILES string of the molecule is CCOc1ccccc1C(=O)CN1CC(C)OCC1CC. The molecule has 1 saturated heterocycles. The van der Waals surface area contributed by atoms with Gasteiger partial charge in [0.2, 0.25) is 0 Å². The molecular formula is C17H25NO3. The maximum Gasteiger partial charge on any atom is 0.180 e. The van der Waals surface area contributed by atoms with Crippen molar-refractivity contribution in [2.45, 2.75) is 39.3 Å². The lowest BCUT2D eigenvalue weighted by atomic mass is 10.1. The van der Waals surface area contributed by atoms with Crippen molar-refractivity contribution in [3.63, 3.8) is 0 Å². The molecule has 0 N–H and O–H groups in total. The molecule has 2 atom stereocenters. The maximum absolute atomic E-state index is 12.6. The van der Waals surface area contributed by atoms with E-state index in [4.69, 9.17) is 9.47 Å². The molecule has 0 spiro atoms. The lowest BCUT2D eigenvalue weighted by molar-refractivity contribution is -0.0523. The van der Waals surface area contributed by atoms with Crippen molar-refractivity contribution in [2.75, 3.05) is 26.3 Å². The summed E-state index contributed by atoms with van der Waals surface area (Å²) in [7, 11) is 0. The lowest BCUT2D eigenvalue weighted by Gasteiger charge is -2.37. The van der Waals surface area contributed by atoms with Crippen molar-refractivity contribution in [3.05, 3.63) is 29.8 Å². The van der Waals surface area contributed by atoms with E-state index in [1.807, 2.05) is 31.2 Å². The first-order chi connectivity index (χ1) is 10.2. The zero-order valence-corrected chi connectivity index (χ0v) is 13.2. The second-order valence-corrected chi connectivity index (χ2v) is 5.49. The van der Waals surface area contributed by atoms with Gasteiger partial charge in [0, 0.05) is 12.6 Å². The molecule has 0 amide bonds. The van der Waals surface area contributed by atoms with Crippen molar-refractivity contribution in [1.29, 1.82) is 0 Å². The first-order valence-corrected chi connectivity index (χ1v) is 7.76. The molecule has 1 heterocycles. The Labute approximate surface area is 127 Å². The molecule has 4 nitrogen and oxygen atoms in total. The molecule has 21 heavy (non-hydrogen) atoms. The van der Waals surface area contributed by atoms with Crippen LogP contribution in [-0.4, -0.2) is 49.1 Å². The van der Waals surface area contributed by atoms with Crippen LogP contribution < -0.4 is 4.74 Å². The van der Waals surface area contributed by atoms with Gasteiger partial charge in [-0.25, -0.2) is 0 Å². The van der Waals surface area contributed by atoms with Gasteiger partial charge in [0.1, 0.15) is 5.75 Å². The molecule has 0 bridgehead atoms. The van der Waals surface area contributed by atoms with Gasteiger partial charge in [0.05, 0.1) is 31.4 Å². The molecule has 1 aromatic rings. The summed E-state index contributed by atoms with van der Waals surface area (Å²) in [4.78, 5) is 14.8. The summed E-state index contributed by atoms with van der Waals surface area (Å²) in [6.45, 7) is 8.62. The highest BCUT2D eigenvalue weighted by atomic mass is 16.5. The highest BCUT2D eigenvalue weighted by molar-refractivity contribution is 6.00. The molecule has 1 aliphatic heterocycles. The Bertz CT molecular complexity index is 475. The predicted octanol–water partition coefficient (Wildman–Crippen LogP) is 2.77. The number of ketones is 1. The molecule has 2 unspecified atom stereocenters. The molecule has 0 aliphatic carbocycles. The number of para-hydroxylation sites is 1. The van der Waals surface area contributed by atoms with E-state index < -0.39 is 0 Å². The summed E-state index contributed by atoms with van der Waals surface area (Å²) in [6.07, 6.45) is 1.18. The van der Waals surface area contributed by atoms with E-state index in [1.165, 1.54) is 0 Å². The number of nitrogens with zero attached hydrogens (tertiary/aromatic N) is 1. The monoisotopic (exact) mass is 291 g/mol. The first kappa shape index (κ1) is 16.0. The van der Waals surface area contributed by atoms with Gasteiger partial charge in [-0.05, 0) is 32.4 Å². The molecule has 116 valence electrons. The highest BCUT2D eigenvalue weighted by Crippen LogP contribution is 2.21. The van der Waals surface area contributed by atoms with Crippen molar-refractivity contribution in [3.8, 4) is 5.75 Å². The van der Waals surface area contributed by atoms with Crippen LogP contribution in [0.1, 0.15) is 37.6 Å². The van der Waals surface area contributed by atoms with E-state index in [2.05, 4.69) is 18.7 Å². The Kier molecular flexibility index (Phi) is 5.76. The average molecular weight is 291 g/mol. The minimum absolute atomic E-state index is 0.117. The molecule has 1 aliphatic rings. The molecule has 0 saturated carbocycles. The number of rotatable bonds is 6. The van der Waals surface area contributed by atoms with Crippen LogP contribution in [-0.2, 0) is 4.74 Å². The quantitative estimate of drug-likeness (QED) is 0.756. The summed E-state index contributed by atoms with van der Waals surface area (Å²) >= 11 is 0. The van der Waals surface area contributed by atoms with E-state index in [9.17, 15) is 4.79 Å². The topological polar surface area (TPSA) is 38.8 Å². The summed E-state index contributed by atoms with van der Waals surface area (Å²) in [5, 5.41) is 0. The van der Waals surface area contributed by atoms with E-state index in [-0.39, 0.29) is 11.9 Å². The number of benzene rings is 1. The van der Waals surface area contributed by atoms with E-state index in [0.29, 0.717) is 37.1 Å². The van der Waals surface area contributed by atoms with Crippen LogP contribution in [0.15, 0.2) is 24.3 Å². The second kappa shape index (κ2) is 7.57. The largest absolute Gasteiger partial charge is 0.493 e. The standard InChI is InChI=1S/C17H25NO3/c1-4-14-12-21-13(3)10-18(14)11-16(19)15-8-6-7-9-17(15)20-5-2/h6-9,13-14H,4-5,10-12H2,1-3H3. The Morgan fingerprint density at radius 1 is 1.38 bits per heavy atom. The summed E-state index contributed by atoms with van der Waals surface area (Å²) < 4.78 is 11.2. The predicted molar refractivity (Wildman–Crippen MR) is 83.0 cm³/mol. The Hall–Kier alpha value is -1.39. The second-order valence-electron chi connectivity index (χ2n) is 5.49. The number of morpholine rings is 1. The van der Waals surface area contributed by atoms with Crippen LogP contribution in [0.5, 0.6) is 5.75 Å². The van der Waals surface area contributed by atoms with Crippen molar-refractivity contribution in [2.24, 2.45) is 0 Å². The third-order valence-corrected chi connectivity index (χ3v) is 3.89. The molecule has 1 aromatic carbocycles. The fourth-order valence-electron chi connectivity index (χ4n) is 2.73. The van der Waals surface area contributed by atoms with E-state index in [0.717, 1.165) is 13.0 Å². The minimum Gasteiger partial charge on any atom is -0.493 e. The normalized spacial score (nSPS) is 23.0. The van der Waals surface area contributed by atoms with Crippen LogP contribution in [0.3, 0.4) is 0 Å². The molecule has 0 aromatic heterocycles. The van der Waals surface area contributed by atoms with Crippen LogP contribution in [0, 0.1) is 0 Å². The van der Waals surface area contributed by atoms with Crippen molar-refractivity contribution >= 4 is 5.78 Å². The summed E-state index contributed by atoms with van der Waals surface area (Å²) in [5.74, 6) is 0.797. The van der Waals surface area contributed by atoms with Crippen LogP contribution in [0.25, 0.3) is 0 Å². The number of Topliss-reactive ketones (excluding diaryl/α,β-unsaturated/α-hetero) is 1. The van der Waals surface area contributed by atoms with Gasteiger partial charge in [-0.2, -0.15) is 0 Å². The maximum atomic E-state index is 12.6. The molecule has 0 radical (unpaired) electrons. The smallest absolute Gasteiger partial charge is 0.180 e. The van der Waals surface area contributed by atoms with Gasteiger partial charge < -0.3 is 9.47 Å². The van der Waals surface area contributed by atoms with Crippen molar-refractivity contribution < 1.29 is 14.3 Å². The van der Waals surface area contributed by atoms with Crippen molar-refractivity contribution in [1.82, 2.24) is 4.90 Å². The number of hydrogen-bond donors (Lipinski definition) is 0. The van der Waals surface area contributed by atoms with E-state index >= 15 is 0 Å². The third-order valence-electron chi connectivity index (χ3n) is 3.89. The Morgan fingerprint density at radius 2 is 2.14 bits per heavy atom. The van der Waals surface area contributed by atoms with Gasteiger partial charge in [0.15, 0.2) is 5.78 Å². The van der Waals surface area contributed by atoms with Crippen LogP contribution >= 0.6 is 0 Å². The third kappa shape index (κ3) is 4.05. The molecule has 2 rings (SSSR count). The average Bonchev–Trinajstić information content (AvgIpc) is 2.48. The van der Waals surface area contributed by atoms with Gasteiger partial charge >= 0.3 is 0 Å². The van der Waals surface area contributed by atoms with Crippen LogP contribution in [0.2, 0.25) is 0 Å². The van der Waals surface area contributed by atoms with Gasteiger partial charge in [-0.1, -0.05) is 19.1 Å². The Balaban J connectivity index is 2.09. The number of hydrogen-bond acceptors (Lipinski definition) is 4. The summed E-state index contributed by atoms with van der Waals surface area (Å²) in [6, 6.07) is 7.81. The molecular weight excluding hydrogens is 266 g/mol. The van der Waals surface area contributed by atoms with Gasteiger partial charge in [-0.3, -0.25) is 9.69 Å².